The molecule has 0 N–H and O–H groups in total. The molecule has 0 saturated heterocycles. The predicted octanol–water partition coefficient (Wildman–Crippen LogP) is 3.42. The van der Waals surface area contributed by atoms with Crippen molar-refractivity contribution in [1.82, 2.24) is 4.90 Å². The second kappa shape index (κ2) is 6.98. The standard InChI is InChI=1S/C16H21NO2/c1-2-3-4-8-11-17-13-19-12-15(16(17)18)14-9-6-5-7-10-14/h5-7,9-10,12H,2-4,8,11,13H2,1H3. The summed E-state index contributed by atoms with van der Waals surface area (Å²) in [6.07, 6.45) is 6.24. The van der Waals surface area contributed by atoms with Crippen molar-refractivity contribution in [2.45, 2.75) is 32.6 Å². The van der Waals surface area contributed by atoms with E-state index in [1.54, 1.807) is 11.2 Å². The van der Waals surface area contributed by atoms with Crippen LogP contribution in [0.5, 0.6) is 0 Å². The molecule has 102 valence electrons. The monoisotopic (exact) mass is 259 g/mol. The Balaban J connectivity index is 1.96. The molecular weight excluding hydrogens is 238 g/mol. The molecule has 19 heavy (non-hydrogen) atoms. The van der Waals surface area contributed by atoms with Crippen LogP contribution in [0.3, 0.4) is 0 Å². The smallest absolute Gasteiger partial charge is 0.260 e. The van der Waals surface area contributed by atoms with Crippen LogP contribution in [0.4, 0.5) is 0 Å². The third-order valence-electron chi connectivity index (χ3n) is 3.32. The number of hydrogen-bond acceptors (Lipinski definition) is 2. The van der Waals surface area contributed by atoms with Crippen LogP contribution in [0.1, 0.15) is 38.2 Å². The number of unbranched alkanes of at least 4 members (excludes halogenated alkanes) is 3. The van der Waals surface area contributed by atoms with Crippen LogP contribution < -0.4 is 0 Å². The minimum absolute atomic E-state index is 0.0777. The van der Waals surface area contributed by atoms with Crippen LogP contribution in [0.2, 0.25) is 0 Å². The molecule has 0 bridgehead atoms. The summed E-state index contributed by atoms with van der Waals surface area (Å²) in [4.78, 5) is 14.2. The van der Waals surface area contributed by atoms with E-state index in [0.29, 0.717) is 12.3 Å². The maximum atomic E-state index is 12.4. The van der Waals surface area contributed by atoms with Crippen molar-refractivity contribution in [3.05, 3.63) is 42.2 Å². The second-order valence-corrected chi connectivity index (χ2v) is 4.82. The number of benzene rings is 1. The lowest BCUT2D eigenvalue weighted by Crippen LogP contribution is -2.37. The summed E-state index contributed by atoms with van der Waals surface area (Å²) in [7, 11) is 0. The Morgan fingerprint density at radius 2 is 1.95 bits per heavy atom. The van der Waals surface area contributed by atoms with Crippen molar-refractivity contribution in [3.63, 3.8) is 0 Å². The number of nitrogens with zero attached hydrogens (tertiary/aromatic N) is 1. The minimum atomic E-state index is 0.0777. The van der Waals surface area contributed by atoms with E-state index in [9.17, 15) is 4.79 Å². The van der Waals surface area contributed by atoms with E-state index in [1.807, 2.05) is 30.3 Å². The van der Waals surface area contributed by atoms with Gasteiger partial charge < -0.3 is 9.64 Å². The van der Waals surface area contributed by atoms with E-state index in [4.69, 9.17) is 4.74 Å². The highest BCUT2D eigenvalue weighted by atomic mass is 16.5. The Bertz CT molecular complexity index is 439. The molecule has 0 radical (unpaired) electrons. The largest absolute Gasteiger partial charge is 0.480 e. The molecule has 3 heteroatoms. The van der Waals surface area contributed by atoms with Gasteiger partial charge >= 0.3 is 0 Å². The van der Waals surface area contributed by atoms with E-state index in [-0.39, 0.29) is 5.91 Å². The number of carbonyl (C=O) groups excluding carboxylic acids is 1. The molecule has 3 nitrogen and oxygen atoms in total. The van der Waals surface area contributed by atoms with E-state index in [0.717, 1.165) is 18.5 Å². The Morgan fingerprint density at radius 1 is 1.16 bits per heavy atom. The predicted molar refractivity (Wildman–Crippen MR) is 76.2 cm³/mol. The Morgan fingerprint density at radius 3 is 2.68 bits per heavy atom. The Kier molecular flexibility index (Phi) is 5.01. The van der Waals surface area contributed by atoms with E-state index in [2.05, 4.69) is 6.92 Å². The molecule has 1 aromatic carbocycles. The number of ether oxygens (including phenoxy) is 1. The first kappa shape index (κ1) is 13.7. The molecule has 0 aliphatic carbocycles. The highest BCUT2D eigenvalue weighted by molar-refractivity contribution is 6.19. The van der Waals surface area contributed by atoms with Gasteiger partial charge in [0.1, 0.15) is 0 Å². The lowest BCUT2D eigenvalue weighted by atomic mass is 10.1. The fourth-order valence-corrected chi connectivity index (χ4v) is 2.19. The topological polar surface area (TPSA) is 29.5 Å². The highest BCUT2D eigenvalue weighted by Crippen LogP contribution is 2.21. The summed E-state index contributed by atoms with van der Waals surface area (Å²) in [6, 6.07) is 9.69. The van der Waals surface area contributed by atoms with Gasteiger partial charge in [0.15, 0.2) is 6.73 Å². The summed E-state index contributed by atoms with van der Waals surface area (Å²) in [5.41, 5.74) is 1.58. The van der Waals surface area contributed by atoms with Crippen LogP contribution in [0.25, 0.3) is 5.57 Å². The SMILES string of the molecule is CCCCCCN1COC=C(c2ccccc2)C1=O. The fraction of sp³-hybridized carbons (Fsp3) is 0.438. The van der Waals surface area contributed by atoms with Gasteiger partial charge in [0.05, 0.1) is 11.8 Å². The average molecular weight is 259 g/mol. The first-order valence-corrected chi connectivity index (χ1v) is 6.99. The molecule has 0 unspecified atom stereocenters. The molecule has 0 spiro atoms. The zero-order valence-corrected chi connectivity index (χ0v) is 11.5. The summed E-state index contributed by atoms with van der Waals surface area (Å²) >= 11 is 0. The molecule has 1 aliphatic rings. The van der Waals surface area contributed by atoms with Crippen molar-refractivity contribution in [2.75, 3.05) is 13.3 Å². The van der Waals surface area contributed by atoms with Crippen LogP contribution in [0, 0.1) is 0 Å². The van der Waals surface area contributed by atoms with Crippen molar-refractivity contribution in [3.8, 4) is 0 Å². The summed E-state index contributed by atoms with van der Waals surface area (Å²) in [5, 5.41) is 0. The average Bonchev–Trinajstić information content (AvgIpc) is 2.46. The quantitative estimate of drug-likeness (QED) is 0.733. The third kappa shape index (κ3) is 3.60. The van der Waals surface area contributed by atoms with Gasteiger partial charge in [-0.2, -0.15) is 0 Å². The first-order valence-electron chi connectivity index (χ1n) is 6.99. The van der Waals surface area contributed by atoms with Gasteiger partial charge in [-0.1, -0.05) is 56.5 Å². The van der Waals surface area contributed by atoms with Gasteiger partial charge in [0.25, 0.3) is 5.91 Å². The van der Waals surface area contributed by atoms with Crippen LogP contribution >= 0.6 is 0 Å². The van der Waals surface area contributed by atoms with E-state index < -0.39 is 0 Å². The van der Waals surface area contributed by atoms with E-state index >= 15 is 0 Å². The molecule has 0 atom stereocenters. The molecule has 0 saturated carbocycles. The van der Waals surface area contributed by atoms with Gasteiger partial charge in [-0.25, -0.2) is 0 Å². The molecule has 1 amide bonds. The Labute approximate surface area is 114 Å². The fourth-order valence-electron chi connectivity index (χ4n) is 2.19. The number of rotatable bonds is 6. The molecular formula is C16H21NO2. The molecule has 1 aromatic rings. The van der Waals surface area contributed by atoms with Crippen LogP contribution in [-0.4, -0.2) is 24.1 Å². The van der Waals surface area contributed by atoms with Crippen molar-refractivity contribution in [1.29, 1.82) is 0 Å². The maximum Gasteiger partial charge on any atom is 0.260 e. The van der Waals surface area contributed by atoms with Gasteiger partial charge in [-0.05, 0) is 12.0 Å². The zero-order chi connectivity index (χ0) is 13.5. The minimum Gasteiger partial charge on any atom is -0.480 e. The normalized spacial score (nSPS) is 15.1. The summed E-state index contributed by atoms with van der Waals surface area (Å²) < 4.78 is 5.42. The van der Waals surface area contributed by atoms with Gasteiger partial charge in [0.2, 0.25) is 0 Å². The molecule has 1 aliphatic heterocycles. The maximum absolute atomic E-state index is 12.4. The number of hydrogen-bond donors (Lipinski definition) is 0. The van der Waals surface area contributed by atoms with Gasteiger partial charge in [0, 0.05) is 6.54 Å². The van der Waals surface area contributed by atoms with Gasteiger partial charge in [-0.3, -0.25) is 4.79 Å². The van der Waals surface area contributed by atoms with Crippen molar-refractivity contribution in [2.24, 2.45) is 0 Å². The highest BCUT2D eigenvalue weighted by Gasteiger charge is 2.23. The summed E-state index contributed by atoms with van der Waals surface area (Å²) in [5.74, 6) is 0.0777. The lowest BCUT2D eigenvalue weighted by molar-refractivity contribution is -0.130. The lowest BCUT2D eigenvalue weighted by Gasteiger charge is -2.27. The van der Waals surface area contributed by atoms with Crippen LogP contribution in [0.15, 0.2) is 36.6 Å². The molecule has 0 aromatic heterocycles. The molecule has 2 rings (SSSR count). The number of carbonyl (C=O) groups is 1. The van der Waals surface area contributed by atoms with Gasteiger partial charge in [-0.15, -0.1) is 0 Å². The number of amides is 1. The molecule has 0 fully saturated rings. The second-order valence-electron chi connectivity index (χ2n) is 4.82. The third-order valence-corrected chi connectivity index (χ3v) is 3.32. The first-order chi connectivity index (χ1) is 9.33. The zero-order valence-electron chi connectivity index (χ0n) is 11.5. The van der Waals surface area contributed by atoms with Crippen molar-refractivity contribution >= 4 is 11.5 Å². The Hall–Kier alpha value is -1.77. The summed E-state index contributed by atoms with van der Waals surface area (Å²) in [6.45, 7) is 3.34. The van der Waals surface area contributed by atoms with Crippen molar-refractivity contribution < 1.29 is 9.53 Å². The molecule has 1 heterocycles. The van der Waals surface area contributed by atoms with Crippen LogP contribution in [-0.2, 0) is 9.53 Å². The van der Waals surface area contributed by atoms with E-state index in [1.165, 1.54) is 19.3 Å².